The minimum Gasteiger partial charge on any atom is -0.369 e. The number of nitrogens with zero attached hydrogens (tertiary/aromatic N) is 3. The molecule has 0 atom stereocenters. The van der Waals surface area contributed by atoms with Crippen molar-refractivity contribution in [2.24, 2.45) is 0 Å². The lowest BCUT2D eigenvalue weighted by Gasteiger charge is -2.23. The van der Waals surface area contributed by atoms with Crippen LogP contribution in [0.4, 0.5) is 11.6 Å². The number of halogens is 1. The summed E-state index contributed by atoms with van der Waals surface area (Å²) >= 11 is 3.59. The van der Waals surface area contributed by atoms with Gasteiger partial charge in [0, 0.05) is 19.6 Å². The van der Waals surface area contributed by atoms with Gasteiger partial charge in [-0.2, -0.15) is 0 Å². The Hall–Kier alpha value is -0.840. The highest BCUT2D eigenvalue weighted by Gasteiger charge is 2.13. The molecule has 0 aliphatic rings. The van der Waals surface area contributed by atoms with Crippen molar-refractivity contribution in [3.63, 3.8) is 0 Å². The molecule has 1 aromatic rings. The summed E-state index contributed by atoms with van der Waals surface area (Å²) < 4.78 is 0.958. The van der Waals surface area contributed by atoms with Crippen LogP contribution in [-0.2, 0) is 0 Å². The number of rotatable bonds is 7. The molecule has 0 fully saturated rings. The topological polar surface area (TPSA) is 41.1 Å². The van der Waals surface area contributed by atoms with Crippen LogP contribution >= 0.6 is 15.9 Å². The molecule has 0 saturated heterocycles. The molecule has 0 saturated carbocycles. The van der Waals surface area contributed by atoms with E-state index < -0.39 is 0 Å². The Kier molecular flexibility index (Phi) is 6.26. The first-order valence-corrected chi connectivity index (χ1v) is 7.03. The van der Waals surface area contributed by atoms with Gasteiger partial charge in [-0.25, -0.2) is 9.97 Å². The van der Waals surface area contributed by atoms with Gasteiger partial charge in [0.05, 0.1) is 0 Å². The van der Waals surface area contributed by atoms with Gasteiger partial charge in [0.25, 0.3) is 0 Å². The van der Waals surface area contributed by atoms with E-state index in [0.29, 0.717) is 0 Å². The quantitative estimate of drug-likeness (QED) is 0.839. The minimum absolute atomic E-state index is 0.857. The number of aromatic nitrogens is 2. The first-order valence-electron chi connectivity index (χ1n) is 6.23. The monoisotopic (exact) mass is 300 g/mol. The van der Waals surface area contributed by atoms with Gasteiger partial charge in [0.1, 0.15) is 22.4 Å². The second-order valence-electron chi connectivity index (χ2n) is 3.82. The second-order valence-corrected chi connectivity index (χ2v) is 4.62. The van der Waals surface area contributed by atoms with Gasteiger partial charge in [-0.3, -0.25) is 0 Å². The molecule has 0 aliphatic carbocycles. The zero-order chi connectivity index (χ0) is 12.7. The van der Waals surface area contributed by atoms with Crippen LogP contribution in [0.15, 0.2) is 10.8 Å². The molecule has 1 N–H and O–H groups in total. The summed E-state index contributed by atoms with van der Waals surface area (Å²) in [6.45, 7) is 9.26. The van der Waals surface area contributed by atoms with Crippen molar-refractivity contribution in [1.29, 1.82) is 0 Å². The van der Waals surface area contributed by atoms with E-state index in [9.17, 15) is 0 Å². The third kappa shape index (κ3) is 3.84. The highest BCUT2D eigenvalue weighted by Crippen LogP contribution is 2.29. The molecular weight excluding hydrogens is 280 g/mol. The van der Waals surface area contributed by atoms with E-state index in [1.165, 1.54) is 12.8 Å². The number of anilines is 2. The van der Waals surface area contributed by atoms with Gasteiger partial charge in [0.2, 0.25) is 0 Å². The van der Waals surface area contributed by atoms with Gasteiger partial charge >= 0.3 is 0 Å². The van der Waals surface area contributed by atoms with Crippen LogP contribution in [0, 0.1) is 0 Å². The molecule has 1 heterocycles. The Morgan fingerprint density at radius 3 is 2.65 bits per heavy atom. The highest BCUT2D eigenvalue weighted by atomic mass is 79.9. The first-order chi connectivity index (χ1) is 8.24. The summed E-state index contributed by atoms with van der Waals surface area (Å²) in [6, 6.07) is 0. The summed E-state index contributed by atoms with van der Waals surface area (Å²) in [5.41, 5.74) is 0. The third-order valence-electron chi connectivity index (χ3n) is 2.58. The lowest BCUT2D eigenvalue weighted by molar-refractivity contribution is 0.721. The van der Waals surface area contributed by atoms with Crippen molar-refractivity contribution in [2.45, 2.75) is 33.6 Å². The number of hydrogen-bond acceptors (Lipinski definition) is 4. The van der Waals surface area contributed by atoms with Gasteiger partial charge < -0.3 is 10.2 Å². The predicted molar refractivity (Wildman–Crippen MR) is 76.7 cm³/mol. The summed E-state index contributed by atoms with van der Waals surface area (Å²) in [5, 5.41) is 3.23. The minimum atomic E-state index is 0.857. The van der Waals surface area contributed by atoms with Crippen molar-refractivity contribution < 1.29 is 0 Å². The molecule has 17 heavy (non-hydrogen) atoms. The lowest BCUT2D eigenvalue weighted by Crippen LogP contribution is -2.25. The molecule has 0 aromatic carbocycles. The first kappa shape index (κ1) is 14.2. The van der Waals surface area contributed by atoms with Gasteiger partial charge in [0.15, 0.2) is 0 Å². The van der Waals surface area contributed by atoms with Gasteiger partial charge in [-0.1, -0.05) is 13.3 Å². The molecule has 96 valence electrons. The van der Waals surface area contributed by atoms with E-state index in [4.69, 9.17) is 0 Å². The molecule has 1 aromatic heterocycles. The maximum Gasteiger partial charge on any atom is 0.148 e. The molecule has 1 rings (SSSR count). The normalized spacial score (nSPS) is 10.4. The van der Waals surface area contributed by atoms with Crippen molar-refractivity contribution in [3.05, 3.63) is 10.8 Å². The predicted octanol–water partition coefficient (Wildman–Crippen LogP) is 3.30. The fraction of sp³-hybridized carbons (Fsp3) is 0.667. The Morgan fingerprint density at radius 1 is 1.29 bits per heavy atom. The standard InChI is InChI=1S/C12H21BrN4/c1-4-7-8-17(6-3)12-10(13)11(14-5-2)15-9-16-12/h9H,4-8H2,1-3H3,(H,14,15,16). The van der Waals surface area contributed by atoms with Crippen LogP contribution in [0.5, 0.6) is 0 Å². The van der Waals surface area contributed by atoms with Crippen LogP contribution in [0.1, 0.15) is 33.6 Å². The maximum absolute atomic E-state index is 4.37. The molecule has 0 unspecified atom stereocenters. The van der Waals surface area contributed by atoms with Crippen LogP contribution in [-0.4, -0.2) is 29.6 Å². The zero-order valence-corrected chi connectivity index (χ0v) is 12.4. The largest absolute Gasteiger partial charge is 0.369 e. The maximum atomic E-state index is 4.37. The van der Waals surface area contributed by atoms with Crippen LogP contribution in [0.25, 0.3) is 0 Å². The SMILES string of the molecule is CCCCN(CC)c1ncnc(NCC)c1Br. The van der Waals surface area contributed by atoms with Crippen molar-refractivity contribution in [3.8, 4) is 0 Å². The molecule has 0 radical (unpaired) electrons. The average molecular weight is 301 g/mol. The van der Waals surface area contributed by atoms with Crippen LogP contribution in [0.3, 0.4) is 0 Å². The Balaban J connectivity index is 2.90. The van der Waals surface area contributed by atoms with E-state index in [-0.39, 0.29) is 0 Å². The van der Waals surface area contributed by atoms with E-state index >= 15 is 0 Å². The molecule has 0 amide bonds. The third-order valence-corrected chi connectivity index (χ3v) is 3.31. The van der Waals surface area contributed by atoms with Gasteiger partial charge in [-0.05, 0) is 36.2 Å². The Morgan fingerprint density at radius 2 is 2.06 bits per heavy atom. The molecule has 0 bridgehead atoms. The molecular formula is C12H21BrN4. The molecule has 0 aliphatic heterocycles. The fourth-order valence-corrected chi connectivity index (χ4v) is 2.23. The average Bonchev–Trinajstić information content (AvgIpc) is 2.34. The Labute approximate surface area is 112 Å². The number of hydrogen-bond donors (Lipinski definition) is 1. The number of nitrogens with one attached hydrogen (secondary N) is 1. The van der Waals surface area contributed by atoms with Crippen molar-refractivity contribution >= 4 is 27.6 Å². The fourth-order valence-electron chi connectivity index (χ4n) is 1.63. The van der Waals surface area contributed by atoms with E-state index in [2.05, 4.69) is 56.9 Å². The Bertz CT molecular complexity index is 343. The van der Waals surface area contributed by atoms with Crippen LogP contribution in [0.2, 0.25) is 0 Å². The van der Waals surface area contributed by atoms with E-state index in [1.807, 2.05) is 0 Å². The smallest absolute Gasteiger partial charge is 0.148 e. The highest BCUT2D eigenvalue weighted by molar-refractivity contribution is 9.10. The van der Waals surface area contributed by atoms with Crippen molar-refractivity contribution in [2.75, 3.05) is 29.9 Å². The van der Waals surface area contributed by atoms with Gasteiger partial charge in [-0.15, -0.1) is 0 Å². The summed E-state index contributed by atoms with van der Waals surface area (Å²) in [7, 11) is 0. The summed E-state index contributed by atoms with van der Waals surface area (Å²) in [4.78, 5) is 10.9. The van der Waals surface area contributed by atoms with E-state index in [0.717, 1.165) is 35.7 Å². The summed E-state index contributed by atoms with van der Waals surface area (Å²) in [6.07, 6.45) is 3.99. The molecule has 4 nitrogen and oxygen atoms in total. The van der Waals surface area contributed by atoms with E-state index in [1.54, 1.807) is 6.33 Å². The second kappa shape index (κ2) is 7.48. The number of unbranched alkanes of at least 4 members (excludes halogenated alkanes) is 1. The lowest BCUT2D eigenvalue weighted by atomic mass is 10.3. The van der Waals surface area contributed by atoms with Crippen LogP contribution < -0.4 is 10.2 Å². The van der Waals surface area contributed by atoms with Crippen molar-refractivity contribution in [1.82, 2.24) is 9.97 Å². The summed E-state index contributed by atoms with van der Waals surface area (Å²) in [5.74, 6) is 1.85. The molecule has 5 heteroatoms. The molecule has 0 spiro atoms. The zero-order valence-electron chi connectivity index (χ0n) is 10.8.